The highest BCUT2D eigenvalue weighted by molar-refractivity contribution is 7.16. The summed E-state index contributed by atoms with van der Waals surface area (Å²) in [5.74, 6) is -1.21. The Morgan fingerprint density at radius 2 is 2.11 bits per heavy atom. The molecule has 0 spiro atoms. The van der Waals surface area contributed by atoms with E-state index in [4.69, 9.17) is 16.7 Å². The molecule has 0 fully saturated rings. The fourth-order valence-corrected chi connectivity index (χ4v) is 2.64. The van der Waals surface area contributed by atoms with Gasteiger partial charge in [0.25, 0.3) is 0 Å². The van der Waals surface area contributed by atoms with Crippen LogP contribution in [0.2, 0.25) is 4.34 Å². The molecule has 1 rings (SSSR count). The van der Waals surface area contributed by atoms with Crippen molar-refractivity contribution in [1.29, 1.82) is 0 Å². The second-order valence-electron chi connectivity index (χ2n) is 4.57. The molecule has 1 atom stereocenters. The minimum absolute atomic E-state index is 0.175. The van der Waals surface area contributed by atoms with Gasteiger partial charge < -0.3 is 15.3 Å². The maximum atomic E-state index is 11.9. The molecule has 106 valence electrons. The normalized spacial score (nSPS) is 12.3. The molecule has 0 aliphatic heterocycles. The lowest BCUT2D eigenvalue weighted by Gasteiger charge is -2.22. The van der Waals surface area contributed by atoms with Crippen molar-refractivity contribution in [3.8, 4) is 0 Å². The number of rotatable bonds is 5. The Labute approximate surface area is 121 Å². The Morgan fingerprint density at radius 3 is 2.53 bits per heavy atom. The maximum absolute atomic E-state index is 11.9. The molecular weight excluding hydrogens is 288 g/mol. The van der Waals surface area contributed by atoms with E-state index in [1.54, 1.807) is 27.0 Å². The second-order valence-corrected chi connectivity index (χ2v) is 6.37. The fourth-order valence-electron chi connectivity index (χ4n) is 1.50. The molecular formula is C12H17ClN2O3S. The lowest BCUT2D eigenvalue weighted by Crippen LogP contribution is -2.48. The van der Waals surface area contributed by atoms with Crippen molar-refractivity contribution in [2.24, 2.45) is 5.92 Å². The van der Waals surface area contributed by atoms with E-state index in [9.17, 15) is 9.59 Å². The molecule has 1 aromatic heterocycles. The van der Waals surface area contributed by atoms with Gasteiger partial charge in [0.1, 0.15) is 6.04 Å². The monoisotopic (exact) mass is 304 g/mol. The average molecular weight is 305 g/mol. The highest BCUT2D eigenvalue weighted by Gasteiger charge is 2.24. The molecule has 5 nitrogen and oxygen atoms in total. The number of carbonyl (C=O) groups is 2. The zero-order valence-electron chi connectivity index (χ0n) is 11.0. The number of aliphatic carboxylic acids is 1. The predicted octanol–water partition coefficient (Wildman–Crippen LogP) is 2.65. The first-order valence-electron chi connectivity index (χ1n) is 5.80. The van der Waals surface area contributed by atoms with Crippen LogP contribution in [0.1, 0.15) is 18.7 Å². The highest BCUT2D eigenvalue weighted by atomic mass is 35.5. The molecule has 2 N–H and O–H groups in total. The first-order chi connectivity index (χ1) is 8.81. The van der Waals surface area contributed by atoms with Gasteiger partial charge in [0.05, 0.1) is 10.9 Å². The van der Waals surface area contributed by atoms with Gasteiger partial charge in [-0.05, 0) is 18.1 Å². The van der Waals surface area contributed by atoms with Crippen molar-refractivity contribution in [3.63, 3.8) is 0 Å². The van der Waals surface area contributed by atoms with E-state index in [1.165, 1.54) is 16.2 Å². The van der Waals surface area contributed by atoms with Gasteiger partial charge in [0.2, 0.25) is 0 Å². The summed E-state index contributed by atoms with van der Waals surface area (Å²) in [6.45, 7) is 3.89. The molecule has 7 heteroatoms. The quantitative estimate of drug-likeness (QED) is 0.878. The van der Waals surface area contributed by atoms with E-state index in [-0.39, 0.29) is 5.92 Å². The van der Waals surface area contributed by atoms with E-state index in [0.29, 0.717) is 10.9 Å². The predicted molar refractivity (Wildman–Crippen MR) is 75.6 cm³/mol. The molecule has 1 aromatic rings. The molecule has 0 aromatic carbocycles. The summed E-state index contributed by atoms with van der Waals surface area (Å²) in [6.07, 6.45) is 0. The molecule has 0 bridgehead atoms. The molecule has 0 unspecified atom stereocenters. The number of amides is 2. The van der Waals surface area contributed by atoms with Gasteiger partial charge in [-0.2, -0.15) is 0 Å². The van der Waals surface area contributed by atoms with E-state index in [1.807, 2.05) is 6.07 Å². The number of urea groups is 1. The van der Waals surface area contributed by atoms with Crippen molar-refractivity contribution in [3.05, 3.63) is 21.3 Å². The van der Waals surface area contributed by atoms with Crippen LogP contribution in [0.15, 0.2) is 12.1 Å². The van der Waals surface area contributed by atoms with E-state index < -0.39 is 18.0 Å². The van der Waals surface area contributed by atoms with Crippen molar-refractivity contribution in [1.82, 2.24) is 10.2 Å². The lowest BCUT2D eigenvalue weighted by molar-refractivity contribution is -0.140. The van der Waals surface area contributed by atoms with Gasteiger partial charge in [0, 0.05) is 11.9 Å². The first kappa shape index (κ1) is 15.8. The minimum Gasteiger partial charge on any atom is -0.480 e. The van der Waals surface area contributed by atoms with Crippen LogP contribution in [0.25, 0.3) is 0 Å². The molecule has 2 amide bonds. The van der Waals surface area contributed by atoms with Gasteiger partial charge in [-0.25, -0.2) is 9.59 Å². The third-order valence-corrected chi connectivity index (χ3v) is 3.80. The summed E-state index contributed by atoms with van der Waals surface area (Å²) < 4.78 is 0.661. The van der Waals surface area contributed by atoms with Gasteiger partial charge in [0.15, 0.2) is 0 Å². The molecule has 0 radical (unpaired) electrons. The van der Waals surface area contributed by atoms with Gasteiger partial charge in [-0.3, -0.25) is 0 Å². The second kappa shape index (κ2) is 6.77. The van der Waals surface area contributed by atoms with Crippen molar-refractivity contribution < 1.29 is 14.7 Å². The Morgan fingerprint density at radius 1 is 1.47 bits per heavy atom. The van der Waals surface area contributed by atoms with Crippen molar-refractivity contribution in [2.45, 2.75) is 26.4 Å². The number of halogens is 1. The third kappa shape index (κ3) is 4.72. The Kier molecular flexibility index (Phi) is 5.62. The van der Waals surface area contributed by atoms with Crippen molar-refractivity contribution in [2.75, 3.05) is 7.05 Å². The highest BCUT2D eigenvalue weighted by Crippen LogP contribution is 2.22. The van der Waals surface area contributed by atoms with Crippen LogP contribution < -0.4 is 5.32 Å². The number of hydrogen-bond donors (Lipinski definition) is 2. The molecule has 0 saturated carbocycles. The average Bonchev–Trinajstić information content (AvgIpc) is 2.70. The van der Waals surface area contributed by atoms with Crippen LogP contribution in [-0.2, 0) is 11.3 Å². The number of carboxylic acid groups (broad SMARTS) is 1. The SMILES string of the molecule is CC(C)[C@@H](NC(=O)N(C)Cc1ccc(Cl)s1)C(=O)O. The molecule has 0 saturated heterocycles. The van der Waals surface area contributed by atoms with Crippen LogP contribution in [-0.4, -0.2) is 35.1 Å². The zero-order chi connectivity index (χ0) is 14.6. The topological polar surface area (TPSA) is 69.6 Å². The number of thiophene rings is 1. The molecule has 0 aliphatic carbocycles. The number of hydrogen-bond acceptors (Lipinski definition) is 3. The minimum atomic E-state index is -1.03. The molecule has 0 aliphatic rings. The first-order valence-corrected chi connectivity index (χ1v) is 6.99. The third-order valence-electron chi connectivity index (χ3n) is 2.58. The van der Waals surface area contributed by atoms with Gasteiger partial charge in [-0.15, -0.1) is 11.3 Å². The summed E-state index contributed by atoms with van der Waals surface area (Å²) in [6, 6.07) is 2.31. The fraction of sp³-hybridized carbons (Fsp3) is 0.500. The van der Waals surface area contributed by atoms with Crippen LogP contribution in [0, 0.1) is 5.92 Å². The zero-order valence-corrected chi connectivity index (χ0v) is 12.6. The number of carbonyl (C=O) groups excluding carboxylic acids is 1. The smallest absolute Gasteiger partial charge is 0.326 e. The van der Waals surface area contributed by atoms with Gasteiger partial charge in [-0.1, -0.05) is 25.4 Å². The summed E-state index contributed by atoms with van der Waals surface area (Å²) in [5.41, 5.74) is 0. The van der Waals surface area contributed by atoms with E-state index in [2.05, 4.69) is 5.32 Å². The largest absolute Gasteiger partial charge is 0.480 e. The van der Waals surface area contributed by atoms with Crippen LogP contribution >= 0.6 is 22.9 Å². The standard InChI is InChI=1S/C12H17ClN2O3S/c1-7(2)10(11(16)17)14-12(18)15(3)6-8-4-5-9(13)19-8/h4-5,7,10H,6H2,1-3H3,(H,14,18)(H,16,17)/t10-/m1/s1. The molecule has 1 heterocycles. The Bertz CT molecular complexity index is 462. The number of nitrogens with zero attached hydrogens (tertiary/aromatic N) is 1. The summed E-state index contributed by atoms with van der Waals surface area (Å²) in [4.78, 5) is 25.3. The lowest BCUT2D eigenvalue weighted by atomic mass is 10.1. The van der Waals surface area contributed by atoms with Gasteiger partial charge >= 0.3 is 12.0 Å². The van der Waals surface area contributed by atoms with Crippen LogP contribution in [0.5, 0.6) is 0 Å². The summed E-state index contributed by atoms with van der Waals surface area (Å²) in [5, 5.41) is 11.5. The Balaban J connectivity index is 2.59. The Hall–Kier alpha value is -1.27. The maximum Gasteiger partial charge on any atom is 0.326 e. The van der Waals surface area contributed by atoms with Crippen LogP contribution in [0.3, 0.4) is 0 Å². The van der Waals surface area contributed by atoms with Crippen molar-refractivity contribution >= 4 is 34.9 Å². The van der Waals surface area contributed by atoms with Crippen LogP contribution in [0.4, 0.5) is 4.79 Å². The summed E-state index contributed by atoms with van der Waals surface area (Å²) in [7, 11) is 1.61. The number of carboxylic acids is 1. The van der Waals surface area contributed by atoms with E-state index in [0.717, 1.165) is 4.88 Å². The molecule has 19 heavy (non-hydrogen) atoms. The summed E-state index contributed by atoms with van der Waals surface area (Å²) >= 11 is 7.21. The number of nitrogens with one attached hydrogen (secondary N) is 1. The van der Waals surface area contributed by atoms with E-state index >= 15 is 0 Å².